The Kier molecular flexibility index (Phi) is 4.44. The molecule has 25 heavy (non-hydrogen) atoms. The van der Waals surface area contributed by atoms with Gasteiger partial charge in [-0.2, -0.15) is 10.4 Å². The lowest BCUT2D eigenvalue weighted by atomic mass is 10.1. The molecule has 0 unspecified atom stereocenters. The second kappa shape index (κ2) is 6.84. The van der Waals surface area contributed by atoms with E-state index in [1.165, 1.54) is 12.1 Å². The van der Waals surface area contributed by atoms with Crippen LogP contribution >= 0.6 is 0 Å². The van der Waals surface area contributed by atoms with Crippen LogP contribution in [0.5, 0.6) is 0 Å². The average Bonchev–Trinajstić information content (AvgIpc) is 3.06. The van der Waals surface area contributed by atoms with Gasteiger partial charge in [-0.25, -0.2) is 0 Å². The molecule has 0 saturated carbocycles. The molecular weight excluding hydrogens is 318 g/mol. The van der Waals surface area contributed by atoms with Gasteiger partial charge in [0, 0.05) is 37.1 Å². The molecule has 0 bridgehead atoms. The number of rotatable bonds is 5. The lowest BCUT2D eigenvalue weighted by Crippen LogP contribution is -2.01. The van der Waals surface area contributed by atoms with E-state index in [4.69, 9.17) is 5.26 Å². The molecule has 3 aromatic rings. The summed E-state index contributed by atoms with van der Waals surface area (Å²) in [5.41, 5.74) is 3.66. The molecule has 0 radical (unpaired) electrons. The van der Waals surface area contributed by atoms with Gasteiger partial charge in [-0.05, 0) is 29.3 Å². The molecule has 0 atom stereocenters. The smallest absolute Gasteiger partial charge is 0.287 e. The Bertz CT molecular complexity index is 972. The van der Waals surface area contributed by atoms with E-state index >= 15 is 0 Å². The van der Waals surface area contributed by atoms with Crippen molar-refractivity contribution in [1.82, 2.24) is 9.78 Å². The topological polar surface area (TPSA) is 96.8 Å². The molecule has 0 saturated heterocycles. The van der Waals surface area contributed by atoms with Crippen LogP contribution in [0.15, 0.2) is 54.9 Å². The molecule has 1 N–H and O–H groups in total. The molecule has 1 aromatic heterocycles. The van der Waals surface area contributed by atoms with E-state index in [0.717, 1.165) is 16.7 Å². The highest BCUT2D eigenvalue weighted by molar-refractivity contribution is 5.63. The summed E-state index contributed by atoms with van der Waals surface area (Å²) < 4.78 is 1.75. The van der Waals surface area contributed by atoms with Gasteiger partial charge >= 0.3 is 0 Å². The number of benzene rings is 2. The van der Waals surface area contributed by atoms with Crippen LogP contribution in [0.2, 0.25) is 0 Å². The van der Waals surface area contributed by atoms with E-state index in [1.807, 2.05) is 43.7 Å². The minimum atomic E-state index is -0.556. The second-order valence-corrected chi connectivity index (χ2v) is 5.56. The summed E-state index contributed by atoms with van der Waals surface area (Å²) >= 11 is 0. The maximum absolute atomic E-state index is 10.9. The number of nitro groups is 1. The first-order chi connectivity index (χ1) is 12.1. The quantitative estimate of drug-likeness (QED) is 0.569. The monoisotopic (exact) mass is 333 g/mol. The third-order valence-corrected chi connectivity index (χ3v) is 3.78. The molecule has 0 aliphatic carbocycles. The number of nitriles is 1. The fraction of sp³-hybridized carbons (Fsp3) is 0.111. The minimum absolute atomic E-state index is 0.0408. The molecular formula is C18H15N5O2. The second-order valence-electron chi connectivity index (χ2n) is 5.56. The Balaban J connectivity index is 1.76. The molecule has 3 rings (SSSR count). The summed E-state index contributed by atoms with van der Waals surface area (Å²) in [6.45, 7) is 0.538. The summed E-state index contributed by atoms with van der Waals surface area (Å²) in [5, 5.41) is 27.3. The summed E-state index contributed by atoms with van der Waals surface area (Å²) in [5.74, 6) is 0. The number of anilines is 1. The predicted molar refractivity (Wildman–Crippen MR) is 93.8 cm³/mol. The van der Waals surface area contributed by atoms with Gasteiger partial charge in [-0.15, -0.1) is 0 Å². The number of aromatic nitrogens is 2. The van der Waals surface area contributed by atoms with Crippen molar-refractivity contribution >= 4 is 11.4 Å². The molecule has 0 spiro atoms. The number of hydrogen-bond acceptors (Lipinski definition) is 5. The van der Waals surface area contributed by atoms with Crippen LogP contribution in [0.3, 0.4) is 0 Å². The number of nitrogens with one attached hydrogen (secondary N) is 1. The van der Waals surface area contributed by atoms with Crippen molar-refractivity contribution in [2.24, 2.45) is 7.05 Å². The zero-order valence-corrected chi connectivity index (χ0v) is 13.5. The Morgan fingerprint density at radius 2 is 2.12 bits per heavy atom. The van der Waals surface area contributed by atoms with Crippen molar-refractivity contribution in [3.63, 3.8) is 0 Å². The van der Waals surface area contributed by atoms with E-state index < -0.39 is 4.92 Å². The molecule has 0 amide bonds. The van der Waals surface area contributed by atoms with Crippen molar-refractivity contribution < 1.29 is 4.92 Å². The maximum Gasteiger partial charge on any atom is 0.287 e. The predicted octanol–water partition coefficient (Wildman–Crippen LogP) is 3.48. The van der Waals surface area contributed by atoms with Gasteiger partial charge in [0.1, 0.15) is 11.6 Å². The Labute approximate surface area is 144 Å². The number of aryl methyl sites for hydroxylation is 1. The van der Waals surface area contributed by atoms with Gasteiger partial charge < -0.3 is 5.32 Å². The van der Waals surface area contributed by atoms with Crippen molar-refractivity contribution in [1.29, 1.82) is 5.26 Å². The van der Waals surface area contributed by atoms with E-state index in [9.17, 15) is 10.1 Å². The normalized spacial score (nSPS) is 10.2. The van der Waals surface area contributed by atoms with Crippen LogP contribution in [0.1, 0.15) is 11.1 Å². The summed E-state index contributed by atoms with van der Waals surface area (Å²) in [6, 6.07) is 14.3. The third-order valence-electron chi connectivity index (χ3n) is 3.78. The largest absolute Gasteiger partial charge is 0.381 e. The molecule has 0 aliphatic rings. The third kappa shape index (κ3) is 3.64. The lowest BCUT2D eigenvalue weighted by Gasteiger charge is -2.08. The van der Waals surface area contributed by atoms with Gasteiger partial charge in [0.05, 0.1) is 11.1 Å². The van der Waals surface area contributed by atoms with Gasteiger partial charge in [0.25, 0.3) is 5.69 Å². The standard InChI is InChI=1S/C18H15N5O2/c1-22-12-16(11-21-22)14-4-2-3-13(7-14)10-20-17-5-6-18(23(24)25)15(8-17)9-19/h2-8,11-12,20H,10H2,1H3. The fourth-order valence-electron chi connectivity index (χ4n) is 2.53. The average molecular weight is 333 g/mol. The zero-order chi connectivity index (χ0) is 17.8. The van der Waals surface area contributed by atoms with Crippen LogP contribution in [0.25, 0.3) is 11.1 Å². The Morgan fingerprint density at radius 1 is 1.28 bits per heavy atom. The lowest BCUT2D eigenvalue weighted by molar-refractivity contribution is -0.385. The van der Waals surface area contributed by atoms with Crippen molar-refractivity contribution in [3.05, 3.63) is 76.1 Å². The van der Waals surface area contributed by atoms with Crippen LogP contribution in [-0.2, 0) is 13.6 Å². The van der Waals surface area contributed by atoms with Crippen molar-refractivity contribution in [3.8, 4) is 17.2 Å². The molecule has 7 heteroatoms. The van der Waals surface area contributed by atoms with Crippen molar-refractivity contribution in [2.45, 2.75) is 6.54 Å². The summed E-state index contributed by atoms with van der Waals surface area (Å²) in [7, 11) is 1.87. The van der Waals surface area contributed by atoms with Gasteiger partial charge in [0.2, 0.25) is 0 Å². The zero-order valence-electron chi connectivity index (χ0n) is 13.5. The van der Waals surface area contributed by atoms with Crippen LogP contribution in [0, 0.1) is 21.4 Å². The van der Waals surface area contributed by atoms with Gasteiger partial charge in [-0.1, -0.05) is 18.2 Å². The molecule has 7 nitrogen and oxygen atoms in total. The molecule has 0 aliphatic heterocycles. The number of nitro benzene ring substituents is 1. The number of hydrogen-bond donors (Lipinski definition) is 1. The summed E-state index contributed by atoms with van der Waals surface area (Å²) in [4.78, 5) is 10.3. The molecule has 2 aromatic carbocycles. The van der Waals surface area contributed by atoms with E-state index in [-0.39, 0.29) is 11.3 Å². The SMILES string of the molecule is Cn1cc(-c2cccc(CNc3ccc([N+](=O)[O-])c(C#N)c3)c2)cn1. The van der Waals surface area contributed by atoms with E-state index in [2.05, 4.69) is 16.5 Å². The Morgan fingerprint density at radius 3 is 2.80 bits per heavy atom. The Hall–Kier alpha value is -3.66. The maximum atomic E-state index is 10.9. The molecule has 0 fully saturated rings. The number of nitrogens with zero attached hydrogens (tertiary/aromatic N) is 4. The van der Waals surface area contributed by atoms with Crippen LogP contribution in [-0.4, -0.2) is 14.7 Å². The van der Waals surface area contributed by atoms with Gasteiger partial charge in [-0.3, -0.25) is 14.8 Å². The summed E-state index contributed by atoms with van der Waals surface area (Å²) in [6.07, 6.45) is 3.75. The molecule has 1 heterocycles. The first-order valence-electron chi connectivity index (χ1n) is 7.57. The van der Waals surface area contributed by atoms with Crippen molar-refractivity contribution in [2.75, 3.05) is 5.32 Å². The van der Waals surface area contributed by atoms with Crippen LogP contribution in [0.4, 0.5) is 11.4 Å². The fourth-order valence-corrected chi connectivity index (χ4v) is 2.53. The van der Waals surface area contributed by atoms with Crippen LogP contribution < -0.4 is 5.32 Å². The minimum Gasteiger partial charge on any atom is -0.381 e. The first-order valence-corrected chi connectivity index (χ1v) is 7.57. The highest BCUT2D eigenvalue weighted by Gasteiger charge is 2.13. The molecule has 124 valence electrons. The first kappa shape index (κ1) is 16.2. The highest BCUT2D eigenvalue weighted by Crippen LogP contribution is 2.23. The van der Waals surface area contributed by atoms with E-state index in [0.29, 0.717) is 12.2 Å². The highest BCUT2D eigenvalue weighted by atomic mass is 16.6. The van der Waals surface area contributed by atoms with E-state index in [1.54, 1.807) is 10.7 Å². The van der Waals surface area contributed by atoms with Gasteiger partial charge in [0.15, 0.2) is 0 Å².